The Morgan fingerprint density at radius 1 is 0.978 bits per heavy atom. The van der Waals surface area contributed by atoms with E-state index in [9.17, 15) is 13.9 Å². The van der Waals surface area contributed by atoms with Gasteiger partial charge in [0.2, 0.25) is 5.78 Å². The van der Waals surface area contributed by atoms with Crippen molar-refractivity contribution >= 4 is 72.0 Å². The summed E-state index contributed by atoms with van der Waals surface area (Å²) in [5, 5.41) is 7.67. The van der Waals surface area contributed by atoms with Crippen LogP contribution < -0.4 is 11.3 Å². The summed E-state index contributed by atoms with van der Waals surface area (Å²) in [4.78, 5) is 32.3. The fourth-order valence-electron chi connectivity index (χ4n) is 6.11. The number of hydrogen-bond acceptors (Lipinski definition) is 15. The highest BCUT2D eigenvalue weighted by atomic mass is 32.7. The zero-order chi connectivity index (χ0) is 32.0. The van der Waals surface area contributed by atoms with Crippen LogP contribution in [0.2, 0.25) is 0 Å². The highest BCUT2D eigenvalue weighted by Gasteiger charge is 2.52. The summed E-state index contributed by atoms with van der Waals surface area (Å²) in [6, 6.07) is -0.320. The maximum Gasteiger partial charge on any atom is 0.386 e. The minimum Gasteiger partial charge on any atom is -0.382 e. The lowest BCUT2D eigenvalue weighted by Gasteiger charge is -2.45. The minimum absolute atomic E-state index is 0.0828. The molecule has 8 rings (SSSR count). The smallest absolute Gasteiger partial charge is 0.382 e. The second kappa shape index (κ2) is 11.1. The summed E-state index contributed by atoms with van der Waals surface area (Å²) in [7, 11) is 0. The number of aromatic amines is 1. The number of hydrogen-bond donors (Lipinski definition) is 4. The molecule has 24 heteroatoms. The molecule has 3 aliphatic rings. The predicted octanol–water partition coefficient (Wildman–Crippen LogP) is 2.13. The molecule has 2 saturated heterocycles. The first-order valence-corrected chi connectivity index (χ1v) is 19.2. The first kappa shape index (κ1) is 30.4. The standard InChI is InChI=1S/C22H24FN11O8P2S2/c23-13-16-12(41-21(13)33-7-27-14-17(24)25-5-26-18(14)33)4-40-43(36,45)39-3-10-9(2-38-44(37,46)42-16)1-11(10)32-6-28-15-19(32)30-22-31-29-8-34(22)20(15)35/h5-13,16,21H,1-4H2,(H,30,31)(H,36,45)(H,37,46)(H2,24,25,26)/t9-,10-,11-,12-,13-,16-,21-,43?,44?/m1/s1. The molecule has 3 fully saturated rings. The highest BCUT2D eigenvalue weighted by molar-refractivity contribution is 8.44. The van der Waals surface area contributed by atoms with Crippen molar-refractivity contribution in [2.45, 2.75) is 37.1 Å². The SMILES string of the molecule is Nc1ncnc2c1ncn2[C@@H]1O[C@@H]2COP(=O)(S)OC[C@@H]3[C@@H](COP(=O)(S)O[C@H]2[C@H]1F)C[C@H]3n1cnc2c(=O)n3cnnc3[nH]c21. The third-order valence-corrected chi connectivity index (χ3v) is 11.7. The lowest BCUT2D eigenvalue weighted by molar-refractivity contribution is -0.0408. The molecule has 1 saturated carbocycles. The molecule has 46 heavy (non-hydrogen) atoms. The van der Waals surface area contributed by atoms with Crippen LogP contribution in [-0.4, -0.2) is 86.9 Å². The Hall–Kier alpha value is -2.94. The largest absolute Gasteiger partial charge is 0.386 e. The van der Waals surface area contributed by atoms with Gasteiger partial charge in [0.1, 0.15) is 36.0 Å². The molecule has 0 amide bonds. The van der Waals surface area contributed by atoms with Gasteiger partial charge in [-0.05, 0) is 12.3 Å². The fraction of sp³-hybridized carbons (Fsp3) is 0.500. The van der Waals surface area contributed by atoms with Crippen molar-refractivity contribution in [3.63, 3.8) is 0 Å². The number of rotatable bonds is 2. The van der Waals surface area contributed by atoms with Gasteiger partial charge in [-0.3, -0.25) is 18.4 Å². The number of thiol groups is 2. The third-order valence-electron chi connectivity index (χ3n) is 8.46. The first-order valence-electron chi connectivity index (χ1n) is 13.8. The number of fused-ring (bicyclic) bond motifs is 5. The van der Waals surface area contributed by atoms with Crippen LogP contribution in [0.3, 0.4) is 0 Å². The van der Waals surface area contributed by atoms with Crippen LogP contribution in [0.15, 0.2) is 30.1 Å². The van der Waals surface area contributed by atoms with Gasteiger partial charge in [-0.15, -0.1) is 10.2 Å². The predicted molar refractivity (Wildman–Crippen MR) is 162 cm³/mol. The molecule has 0 radical (unpaired) electrons. The summed E-state index contributed by atoms with van der Waals surface area (Å²) in [6.45, 7) is -9.00. The van der Waals surface area contributed by atoms with Crippen LogP contribution in [0.5, 0.6) is 0 Å². The molecular weight excluding hydrogens is 691 g/mol. The molecular formula is C22H24FN11O8P2S2. The molecule has 5 aromatic heterocycles. The number of nitrogen functional groups attached to an aromatic ring is 1. The van der Waals surface area contributed by atoms with Gasteiger partial charge >= 0.3 is 13.6 Å². The van der Waals surface area contributed by atoms with Gasteiger partial charge in [0.15, 0.2) is 29.4 Å². The quantitative estimate of drug-likeness (QED) is 0.152. The lowest BCUT2D eigenvalue weighted by Crippen LogP contribution is -2.43. The molecule has 0 bridgehead atoms. The van der Waals surface area contributed by atoms with Gasteiger partial charge in [0.25, 0.3) is 5.56 Å². The van der Waals surface area contributed by atoms with E-state index in [4.69, 9.17) is 28.6 Å². The van der Waals surface area contributed by atoms with E-state index in [2.05, 4.69) is 59.6 Å². The van der Waals surface area contributed by atoms with Gasteiger partial charge in [0.05, 0.1) is 32.5 Å². The second-order valence-electron chi connectivity index (χ2n) is 11.0. The Kier molecular flexibility index (Phi) is 7.31. The summed E-state index contributed by atoms with van der Waals surface area (Å²) in [5.41, 5.74) is 6.44. The zero-order valence-corrected chi connectivity index (χ0v) is 26.8. The Bertz CT molecular complexity index is 2140. The second-order valence-corrected chi connectivity index (χ2v) is 16.8. The number of aromatic nitrogens is 10. The van der Waals surface area contributed by atoms with Crippen molar-refractivity contribution in [3.05, 3.63) is 35.7 Å². The molecule has 2 aliphatic heterocycles. The number of alkyl halides is 1. The number of ether oxygens (including phenoxy) is 1. The van der Waals surface area contributed by atoms with E-state index in [0.29, 0.717) is 12.1 Å². The number of H-pyrrole nitrogens is 1. The van der Waals surface area contributed by atoms with Crippen LogP contribution in [0.25, 0.3) is 28.1 Å². The van der Waals surface area contributed by atoms with E-state index in [1.807, 2.05) is 0 Å². The maximum atomic E-state index is 16.0. The van der Waals surface area contributed by atoms with E-state index in [1.54, 1.807) is 4.57 Å². The normalized spacial score (nSPS) is 35.7. The summed E-state index contributed by atoms with van der Waals surface area (Å²) in [6.07, 6.45) is -0.408. The average Bonchev–Trinajstić information content (AvgIpc) is 3.79. The molecule has 0 aromatic carbocycles. The molecule has 2 unspecified atom stereocenters. The van der Waals surface area contributed by atoms with Gasteiger partial charge in [-0.1, -0.05) is 24.5 Å². The van der Waals surface area contributed by atoms with E-state index >= 15 is 4.39 Å². The number of imidazole rings is 2. The molecule has 19 nitrogen and oxygen atoms in total. The van der Waals surface area contributed by atoms with E-state index in [1.165, 1.54) is 34.3 Å². The Balaban J connectivity index is 1.06. The van der Waals surface area contributed by atoms with Crippen LogP contribution in [-0.2, 0) is 32.0 Å². The highest BCUT2D eigenvalue weighted by Crippen LogP contribution is 2.60. The summed E-state index contributed by atoms with van der Waals surface area (Å²) in [5.74, 6) is -0.396. The minimum atomic E-state index is -4.19. The number of halogens is 1. The van der Waals surface area contributed by atoms with Crippen LogP contribution >= 0.6 is 38.1 Å². The van der Waals surface area contributed by atoms with Crippen molar-refractivity contribution in [2.24, 2.45) is 11.8 Å². The maximum absolute atomic E-state index is 16.0. The van der Waals surface area contributed by atoms with E-state index in [0.717, 1.165) is 0 Å². The molecule has 1 aliphatic carbocycles. The number of nitrogens with one attached hydrogen (secondary N) is 1. The first-order chi connectivity index (χ1) is 22.0. The van der Waals surface area contributed by atoms with Crippen LogP contribution in [0.4, 0.5) is 10.2 Å². The van der Waals surface area contributed by atoms with Crippen molar-refractivity contribution in [1.29, 1.82) is 0 Å². The average molecular weight is 716 g/mol. The molecule has 0 spiro atoms. The lowest BCUT2D eigenvalue weighted by atomic mass is 9.70. The van der Waals surface area contributed by atoms with Gasteiger partial charge in [-0.25, -0.2) is 37.9 Å². The molecule has 5 aromatic rings. The summed E-state index contributed by atoms with van der Waals surface area (Å²) < 4.78 is 75.5. The van der Waals surface area contributed by atoms with E-state index in [-0.39, 0.29) is 53.4 Å². The fourth-order valence-corrected chi connectivity index (χ4v) is 8.81. The number of nitrogens with zero attached hydrogens (tertiary/aromatic N) is 9. The van der Waals surface area contributed by atoms with Crippen molar-refractivity contribution in [2.75, 3.05) is 25.6 Å². The Morgan fingerprint density at radius 2 is 1.74 bits per heavy atom. The van der Waals surface area contributed by atoms with Crippen LogP contribution in [0, 0.1) is 11.8 Å². The van der Waals surface area contributed by atoms with Gasteiger partial charge < -0.3 is 29.1 Å². The molecule has 3 N–H and O–H groups in total. The van der Waals surface area contributed by atoms with Gasteiger partial charge in [-0.2, -0.15) is 0 Å². The molecule has 7 heterocycles. The number of nitrogens with two attached hydrogens (primary N) is 1. The summed E-state index contributed by atoms with van der Waals surface area (Å²) >= 11 is 8.25. The van der Waals surface area contributed by atoms with Crippen molar-refractivity contribution < 1.29 is 36.4 Å². The van der Waals surface area contributed by atoms with E-state index < -0.39 is 56.3 Å². The Labute approximate surface area is 266 Å². The topological polar surface area (TPSA) is 231 Å². The molecule has 244 valence electrons. The van der Waals surface area contributed by atoms with Gasteiger partial charge in [0, 0.05) is 12.0 Å². The third kappa shape index (κ3) is 5.06. The zero-order valence-electron chi connectivity index (χ0n) is 23.2. The van der Waals surface area contributed by atoms with Crippen LogP contribution in [0.1, 0.15) is 18.7 Å². The Morgan fingerprint density at radius 3 is 2.59 bits per heavy atom. The van der Waals surface area contributed by atoms with Crippen molar-refractivity contribution in [3.8, 4) is 0 Å². The monoisotopic (exact) mass is 715 g/mol. The molecule has 9 atom stereocenters. The van der Waals surface area contributed by atoms with Crippen molar-refractivity contribution in [1.82, 2.24) is 48.7 Å². The number of anilines is 1.